The Morgan fingerprint density at radius 1 is 0.852 bits per heavy atom. The second-order valence-electron chi connectivity index (χ2n) is 5.96. The van der Waals surface area contributed by atoms with Gasteiger partial charge < -0.3 is 9.47 Å². The van der Waals surface area contributed by atoms with Crippen LogP contribution in [0.1, 0.15) is 26.3 Å². The average molecular weight is 360 g/mol. The van der Waals surface area contributed by atoms with Crippen LogP contribution < -0.4 is 9.47 Å². The van der Waals surface area contributed by atoms with E-state index in [4.69, 9.17) is 9.47 Å². The Morgan fingerprint density at radius 2 is 1.48 bits per heavy atom. The van der Waals surface area contributed by atoms with E-state index in [9.17, 15) is 9.59 Å². The van der Waals surface area contributed by atoms with Gasteiger partial charge in [0.25, 0.3) is 11.8 Å². The third kappa shape index (κ3) is 2.62. The lowest BCUT2D eigenvalue weighted by Crippen LogP contribution is -2.36. The van der Waals surface area contributed by atoms with Crippen molar-refractivity contribution >= 4 is 28.8 Å². The van der Waals surface area contributed by atoms with Gasteiger partial charge >= 0.3 is 0 Å². The summed E-state index contributed by atoms with van der Waals surface area (Å²) in [5, 5.41) is 6.56. The maximum Gasteiger partial charge on any atom is 0.282 e. The number of imide groups is 1. The van der Waals surface area contributed by atoms with Gasteiger partial charge in [0, 0.05) is 10.9 Å². The number of hydrogen-bond acceptors (Lipinski definition) is 5. The number of ether oxygens (including phenoxy) is 2. The van der Waals surface area contributed by atoms with Crippen molar-refractivity contribution < 1.29 is 19.1 Å². The molecule has 0 fully saturated rings. The van der Waals surface area contributed by atoms with Gasteiger partial charge in [0.1, 0.15) is 0 Å². The first-order chi connectivity index (χ1) is 13.2. The van der Waals surface area contributed by atoms with Gasteiger partial charge in [-0.05, 0) is 29.7 Å². The van der Waals surface area contributed by atoms with Crippen molar-refractivity contribution in [2.45, 2.75) is 0 Å². The van der Waals surface area contributed by atoms with E-state index in [0.717, 1.165) is 10.4 Å². The highest BCUT2D eigenvalue weighted by Crippen LogP contribution is 2.31. The SMILES string of the molecule is COc1cccc(/C=N/N2C(=O)c3cccc4cccc(c34)C2=O)c1OC. The van der Waals surface area contributed by atoms with E-state index in [2.05, 4.69) is 5.10 Å². The van der Waals surface area contributed by atoms with Gasteiger partial charge in [0.05, 0.1) is 31.6 Å². The van der Waals surface area contributed by atoms with E-state index in [1.807, 2.05) is 12.1 Å². The van der Waals surface area contributed by atoms with E-state index in [1.54, 1.807) is 42.5 Å². The molecule has 0 saturated carbocycles. The lowest BCUT2D eigenvalue weighted by molar-refractivity contribution is 0.0616. The summed E-state index contributed by atoms with van der Waals surface area (Å²) < 4.78 is 10.6. The predicted molar refractivity (Wildman–Crippen MR) is 102 cm³/mol. The molecule has 4 rings (SSSR count). The molecule has 3 aromatic rings. The fourth-order valence-corrected chi connectivity index (χ4v) is 3.26. The fraction of sp³-hybridized carbons (Fsp3) is 0.0952. The lowest BCUT2D eigenvalue weighted by atomic mass is 9.95. The van der Waals surface area contributed by atoms with Gasteiger partial charge in [0.15, 0.2) is 11.5 Å². The topological polar surface area (TPSA) is 68.2 Å². The summed E-state index contributed by atoms with van der Waals surface area (Å²) in [6.07, 6.45) is 1.42. The number of para-hydroxylation sites is 1. The summed E-state index contributed by atoms with van der Waals surface area (Å²) in [4.78, 5) is 25.7. The number of hydrogen-bond donors (Lipinski definition) is 0. The lowest BCUT2D eigenvalue weighted by Gasteiger charge is -2.23. The van der Waals surface area contributed by atoms with Crippen LogP contribution in [0.5, 0.6) is 11.5 Å². The average Bonchev–Trinajstić information content (AvgIpc) is 2.71. The molecule has 2 amide bonds. The zero-order valence-electron chi connectivity index (χ0n) is 14.8. The quantitative estimate of drug-likeness (QED) is 0.528. The van der Waals surface area contributed by atoms with Crippen molar-refractivity contribution in [3.05, 3.63) is 71.3 Å². The molecule has 0 unspecified atom stereocenters. The number of rotatable bonds is 4. The third-order valence-electron chi connectivity index (χ3n) is 4.50. The Bertz CT molecular complexity index is 1050. The first kappa shape index (κ1) is 16.8. The van der Waals surface area contributed by atoms with Crippen LogP contribution in [0.4, 0.5) is 0 Å². The van der Waals surface area contributed by atoms with Crippen molar-refractivity contribution in [3.8, 4) is 11.5 Å². The van der Waals surface area contributed by atoms with Crippen LogP contribution in [0, 0.1) is 0 Å². The van der Waals surface area contributed by atoms with E-state index in [1.165, 1.54) is 20.4 Å². The van der Waals surface area contributed by atoms with E-state index < -0.39 is 11.8 Å². The maximum atomic E-state index is 12.8. The van der Waals surface area contributed by atoms with Gasteiger partial charge in [-0.2, -0.15) is 10.1 Å². The van der Waals surface area contributed by atoms with Crippen LogP contribution >= 0.6 is 0 Å². The summed E-state index contributed by atoms with van der Waals surface area (Å²) in [5.74, 6) is 0.0980. The molecule has 0 radical (unpaired) electrons. The number of carbonyl (C=O) groups is 2. The molecule has 0 spiro atoms. The zero-order valence-corrected chi connectivity index (χ0v) is 14.8. The standard InChI is InChI=1S/C21H16N2O4/c1-26-17-11-5-8-14(19(17)27-2)12-22-23-20(24)15-9-3-6-13-7-4-10-16(18(13)15)21(23)25/h3-12H,1-2H3/b22-12+. The Kier molecular flexibility index (Phi) is 4.08. The fourth-order valence-electron chi connectivity index (χ4n) is 3.26. The molecule has 27 heavy (non-hydrogen) atoms. The molecule has 0 bridgehead atoms. The molecule has 0 saturated heterocycles. The first-order valence-electron chi connectivity index (χ1n) is 8.31. The highest BCUT2D eigenvalue weighted by atomic mass is 16.5. The monoisotopic (exact) mass is 360 g/mol. The normalized spacial score (nSPS) is 13.5. The molecule has 134 valence electrons. The predicted octanol–water partition coefficient (Wildman–Crippen LogP) is 3.49. The van der Waals surface area contributed by atoms with Crippen molar-refractivity contribution in [3.63, 3.8) is 0 Å². The van der Waals surface area contributed by atoms with Crippen molar-refractivity contribution in [2.24, 2.45) is 5.10 Å². The van der Waals surface area contributed by atoms with E-state index >= 15 is 0 Å². The number of amides is 2. The Hall–Kier alpha value is -3.67. The molecule has 1 aliphatic rings. The molecule has 1 heterocycles. The van der Waals surface area contributed by atoms with Gasteiger partial charge in [-0.3, -0.25) is 9.59 Å². The zero-order chi connectivity index (χ0) is 19.0. The van der Waals surface area contributed by atoms with Crippen molar-refractivity contribution in [1.29, 1.82) is 0 Å². The minimum absolute atomic E-state index is 0.456. The molecular weight excluding hydrogens is 344 g/mol. The molecule has 0 aromatic heterocycles. The number of hydrazone groups is 1. The minimum Gasteiger partial charge on any atom is -0.493 e. The summed E-state index contributed by atoms with van der Waals surface area (Å²) in [6, 6.07) is 16.0. The number of nitrogens with zero attached hydrogens (tertiary/aromatic N) is 2. The van der Waals surface area contributed by atoms with Gasteiger partial charge in [0.2, 0.25) is 0 Å². The summed E-state index contributed by atoms with van der Waals surface area (Å²) in [6.45, 7) is 0. The van der Waals surface area contributed by atoms with Crippen LogP contribution in [0.25, 0.3) is 10.8 Å². The molecule has 0 aliphatic carbocycles. The number of benzene rings is 3. The molecule has 0 N–H and O–H groups in total. The first-order valence-corrected chi connectivity index (χ1v) is 8.31. The molecular formula is C21H16N2O4. The summed E-state index contributed by atoms with van der Waals surface area (Å²) >= 11 is 0. The Balaban J connectivity index is 1.78. The second kappa shape index (κ2) is 6.57. The highest BCUT2D eigenvalue weighted by molar-refractivity contribution is 6.25. The molecule has 3 aromatic carbocycles. The van der Waals surface area contributed by atoms with Crippen LogP contribution in [-0.2, 0) is 0 Å². The van der Waals surface area contributed by atoms with E-state index in [0.29, 0.717) is 33.6 Å². The van der Waals surface area contributed by atoms with Crippen molar-refractivity contribution in [2.75, 3.05) is 14.2 Å². The third-order valence-corrected chi connectivity index (χ3v) is 4.50. The second-order valence-corrected chi connectivity index (χ2v) is 5.96. The molecule has 6 nitrogen and oxygen atoms in total. The van der Waals surface area contributed by atoms with Gasteiger partial charge in [-0.15, -0.1) is 0 Å². The largest absolute Gasteiger partial charge is 0.493 e. The summed E-state index contributed by atoms with van der Waals surface area (Å²) in [5.41, 5.74) is 1.50. The van der Waals surface area contributed by atoms with Gasteiger partial charge in [-0.25, -0.2) is 0 Å². The minimum atomic E-state index is -0.456. The summed E-state index contributed by atoms with van der Waals surface area (Å²) in [7, 11) is 3.05. The highest BCUT2D eigenvalue weighted by Gasteiger charge is 2.32. The molecule has 0 atom stereocenters. The maximum absolute atomic E-state index is 12.8. The van der Waals surface area contributed by atoms with Crippen LogP contribution in [0.2, 0.25) is 0 Å². The smallest absolute Gasteiger partial charge is 0.282 e. The van der Waals surface area contributed by atoms with Gasteiger partial charge in [-0.1, -0.05) is 30.3 Å². The van der Waals surface area contributed by atoms with Crippen LogP contribution in [-0.4, -0.2) is 37.3 Å². The van der Waals surface area contributed by atoms with Crippen LogP contribution in [0.3, 0.4) is 0 Å². The molecule has 1 aliphatic heterocycles. The number of carbonyl (C=O) groups excluding carboxylic acids is 2. The van der Waals surface area contributed by atoms with Crippen LogP contribution in [0.15, 0.2) is 59.7 Å². The Morgan fingerprint density at radius 3 is 2.07 bits per heavy atom. The number of methoxy groups -OCH3 is 2. The van der Waals surface area contributed by atoms with Crippen molar-refractivity contribution in [1.82, 2.24) is 5.01 Å². The Labute approximate surface area is 155 Å². The molecule has 6 heteroatoms. The van der Waals surface area contributed by atoms with E-state index in [-0.39, 0.29) is 0 Å².